The molecule has 3 heteroatoms. The predicted molar refractivity (Wildman–Crippen MR) is 85.9 cm³/mol. The summed E-state index contributed by atoms with van der Waals surface area (Å²) in [5, 5.41) is 0.293. The Bertz CT molecular complexity index is 357. The molecule has 0 saturated carbocycles. The largest absolute Gasteiger partial charge is 0.417 e. The van der Waals surface area contributed by atoms with Crippen LogP contribution in [-0.2, 0) is 4.43 Å². The van der Waals surface area contributed by atoms with Crippen LogP contribution in [-0.4, -0.2) is 14.9 Å². The summed E-state index contributed by atoms with van der Waals surface area (Å²) in [6, 6.07) is 10.5. The van der Waals surface area contributed by atoms with Gasteiger partial charge in [-0.3, -0.25) is 0 Å². The van der Waals surface area contributed by atoms with Gasteiger partial charge in [0, 0.05) is 11.4 Å². The zero-order chi connectivity index (χ0) is 13.8. The number of rotatable bonds is 5. The quantitative estimate of drug-likeness (QED) is 0.509. The second kappa shape index (κ2) is 6.35. The Balaban J connectivity index is 2.43. The van der Waals surface area contributed by atoms with Gasteiger partial charge in [-0.05, 0) is 30.1 Å². The van der Waals surface area contributed by atoms with Gasteiger partial charge in [0.05, 0.1) is 0 Å². The first-order valence-corrected chi connectivity index (χ1v) is 10.4. The highest BCUT2D eigenvalue weighted by atomic mass is 79.9. The Morgan fingerprint density at radius 1 is 1.17 bits per heavy atom. The zero-order valence-corrected chi connectivity index (χ0v) is 14.8. The van der Waals surface area contributed by atoms with E-state index in [0.29, 0.717) is 9.87 Å². The van der Waals surface area contributed by atoms with E-state index in [1.165, 1.54) is 5.56 Å². The molecule has 102 valence electrons. The zero-order valence-electron chi connectivity index (χ0n) is 12.2. The number of halogens is 1. The van der Waals surface area contributed by atoms with E-state index in [-0.39, 0.29) is 0 Å². The molecule has 0 aliphatic carbocycles. The van der Waals surface area contributed by atoms with E-state index in [1.807, 2.05) is 0 Å². The van der Waals surface area contributed by atoms with E-state index < -0.39 is 8.32 Å². The molecule has 0 fully saturated rings. The Morgan fingerprint density at radius 3 is 2.22 bits per heavy atom. The van der Waals surface area contributed by atoms with E-state index >= 15 is 0 Å². The molecule has 0 aliphatic heterocycles. The molecule has 0 unspecified atom stereocenters. The molecule has 0 spiro atoms. The number of hydrogen-bond acceptors (Lipinski definition) is 1. The number of benzene rings is 1. The first-order valence-electron chi connectivity index (χ1n) is 6.57. The molecule has 1 atom stereocenters. The van der Waals surface area contributed by atoms with Gasteiger partial charge in [0.25, 0.3) is 0 Å². The SMILES string of the molecule is CC(C)(C)[Si](C)(C)OCC[C@H](Br)c1ccccc1. The summed E-state index contributed by atoms with van der Waals surface area (Å²) in [5.74, 6) is 0. The molecule has 1 aromatic carbocycles. The Hall–Kier alpha value is -0.123. The van der Waals surface area contributed by atoms with Gasteiger partial charge < -0.3 is 4.43 Å². The van der Waals surface area contributed by atoms with Crippen molar-refractivity contribution in [3.8, 4) is 0 Å². The third-order valence-electron chi connectivity index (χ3n) is 3.80. The summed E-state index contributed by atoms with van der Waals surface area (Å²) in [6.07, 6.45) is 1.02. The highest BCUT2D eigenvalue weighted by Gasteiger charge is 2.36. The molecule has 18 heavy (non-hydrogen) atoms. The van der Waals surface area contributed by atoms with E-state index in [9.17, 15) is 0 Å². The van der Waals surface area contributed by atoms with Crippen LogP contribution in [0, 0.1) is 0 Å². The lowest BCUT2D eigenvalue weighted by Gasteiger charge is -2.36. The Kier molecular flexibility index (Phi) is 5.62. The minimum Gasteiger partial charge on any atom is -0.417 e. The Morgan fingerprint density at radius 2 is 1.72 bits per heavy atom. The molecular formula is C15H25BrOSi. The highest BCUT2D eigenvalue weighted by Crippen LogP contribution is 2.37. The summed E-state index contributed by atoms with van der Waals surface area (Å²) < 4.78 is 6.19. The van der Waals surface area contributed by atoms with Gasteiger partial charge in [0.15, 0.2) is 8.32 Å². The van der Waals surface area contributed by atoms with Crippen molar-refractivity contribution in [1.82, 2.24) is 0 Å². The van der Waals surface area contributed by atoms with Crippen molar-refractivity contribution in [3.05, 3.63) is 35.9 Å². The lowest BCUT2D eigenvalue weighted by atomic mass is 10.1. The lowest BCUT2D eigenvalue weighted by molar-refractivity contribution is 0.282. The summed E-state index contributed by atoms with van der Waals surface area (Å²) in [6.45, 7) is 12.3. The van der Waals surface area contributed by atoms with Gasteiger partial charge in [-0.15, -0.1) is 0 Å². The van der Waals surface area contributed by atoms with Crippen LogP contribution in [0.2, 0.25) is 18.1 Å². The topological polar surface area (TPSA) is 9.23 Å². The molecule has 1 nitrogen and oxygen atoms in total. The molecule has 0 aromatic heterocycles. The van der Waals surface area contributed by atoms with Crippen LogP contribution >= 0.6 is 15.9 Å². The maximum absolute atomic E-state index is 6.19. The van der Waals surface area contributed by atoms with Gasteiger partial charge in [-0.1, -0.05) is 67.0 Å². The van der Waals surface area contributed by atoms with Crippen LogP contribution < -0.4 is 0 Å². The lowest BCUT2D eigenvalue weighted by Crippen LogP contribution is -2.41. The van der Waals surface area contributed by atoms with Gasteiger partial charge in [0.1, 0.15) is 0 Å². The molecule has 0 amide bonds. The molecule has 1 aromatic rings. The molecule has 0 radical (unpaired) electrons. The molecule has 0 bridgehead atoms. The monoisotopic (exact) mass is 328 g/mol. The minimum atomic E-state index is -1.59. The van der Waals surface area contributed by atoms with E-state index in [4.69, 9.17) is 4.43 Å². The summed E-state index contributed by atoms with van der Waals surface area (Å²) in [5.41, 5.74) is 1.33. The second-order valence-electron chi connectivity index (χ2n) is 6.28. The molecule has 0 heterocycles. The van der Waals surface area contributed by atoms with Crippen LogP contribution in [0.5, 0.6) is 0 Å². The fraction of sp³-hybridized carbons (Fsp3) is 0.600. The van der Waals surface area contributed by atoms with Crippen LogP contribution in [0.3, 0.4) is 0 Å². The maximum Gasteiger partial charge on any atom is 0.191 e. The number of alkyl halides is 1. The van der Waals surface area contributed by atoms with Gasteiger partial charge in [-0.25, -0.2) is 0 Å². The molecule has 0 N–H and O–H groups in total. The van der Waals surface area contributed by atoms with Gasteiger partial charge in [0.2, 0.25) is 0 Å². The van der Waals surface area contributed by atoms with Crippen molar-refractivity contribution in [3.63, 3.8) is 0 Å². The standard InChI is InChI=1S/C15H25BrOSi/c1-15(2,3)18(4,5)17-12-11-14(16)13-9-7-6-8-10-13/h6-10,14H,11-12H2,1-5H3/t14-/m0/s1. The fourth-order valence-electron chi connectivity index (χ4n) is 1.46. The third kappa shape index (κ3) is 4.52. The first kappa shape index (κ1) is 15.9. The smallest absolute Gasteiger partial charge is 0.191 e. The fourth-order valence-corrected chi connectivity index (χ4v) is 3.02. The van der Waals surface area contributed by atoms with Crippen LogP contribution in [0.25, 0.3) is 0 Å². The first-order chi connectivity index (χ1) is 8.24. The third-order valence-corrected chi connectivity index (χ3v) is 9.33. The van der Waals surface area contributed by atoms with Crippen molar-refractivity contribution < 1.29 is 4.43 Å². The van der Waals surface area contributed by atoms with Crippen molar-refractivity contribution >= 4 is 24.2 Å². The van der Waals surface area contributed by atoms with E-state index in [2.05, 4.69) is 80.1 Å². The molecular weight excluding hydrogens is 304 g/mol. The summed E-state index contributed by atoms with van der Waals surface area (Å²) in [7, 11) is -1.59. The van der Waals surface area contributed by atoms with E-state index in [1.54, 1.807) is 0 Å². The average Bonchev–Trinajstić information content (AvgIpc) is 2.28. The van der Waals surface area contributed by atoms with Crippen LogP contribution in [0.1, 0.15) is 37.6 Å². The summed E-state index contributed by atoms with van der Waals surface area (Å²) in [4.78, 5) is 0.392. The number of hydrogen-bond donors (Lipinski definition) is 0. The minimum absolute atomic E-state index is 0.293. The normalized spacial score (nSPS) is 14.6. The molecule has 0 aliphatic rings. The van der Waals surface area contributed by atoms with Crippen LogP contribution in [0.15, 0.2) is 30.3 Å². The highest BCUT2D eigenvalue weighted by molar-refractivity contribution is 9.09. The van der Waals surface area contributed by atoms with E-state index in [0.717, 1.165) is 13.0 Å². The predicted octanol–water partition coefficient (Wildman–Crippen LogP) is 5.53. The van der Waals surface area contributed by atoms with Crippen LogP contribution in [0.4, 0.5) is 0 Å². The van der Waals surface area contributed by atoms with Gasteiger partial charge >= 0.3 is 0 Å². The molecule has 1 rings (SSSR count). The van der Waals surface area contributed by atoms with Crippen molar-refractivity contribution in [2.24, 2.45) is 0 Å². The maximum atomic E-state index is 6.19. The second-order valence-corrected chi connectivity index (χ2v) is 12.2. The summed E-state index contributed by atoms with van der Waals surface area (Å²) >= 11 is 3.74. The Labute approximate surface area is 121 Å². The van der Waals surface area contributed by atoms with Gasteiger partial charge in [-0.2, -0.15) is 0 Å². The van der Waals surface area contributed by atoms with Crippen molar-refractivity contribution in [1.29, 1.82) is 0 Å². The van der Waals surface area contributed by atoms with Crippen molar-refractivity contribution in [2.45, 2.75) is 50.2 Å². The average molecular weight is 329 g/mol. The van der Waals surface area contributed by atoms with Crippen molar-refractivity contribution in [2.75, 3.05) is 6.61 Å². The molecule has 0 saturated heterocycles.